The van der Waals surface area contributed by atoms with Crippen molar-refractivity contribution < 1.29 is 4.39 Å². The first-order valence-corrected chi connectivity index (χ1v) is 9.09. The van der Waals surface area contributed by atoms with Gasteiger partial charge in [-0.1, -0.05) is 24.3 Å². The van der Waals surface area contributed by atoms with Crippen molar-refractivity contribution in [1.29, 1.82) is 0 Å². The van der Waals surface area contributed by atoms with Crippen LogP contribution in [0.4, 0.5) is 4.39 Å². The molecule has 0 N–H and O–H groups in total. The molecule has 3 heteroatoms. The Morgan fingerprint density at radius 2 is 1.84 bits per heavy atom. The summed E-state index contributed by atoms with van der Waals surface area (Å²) in [6, 6.07) is 17.9. The van der Waals surface area contributed by atoms with Crippen molar-refractivity contribution in [2.24, 2.45) is 0 Å². The van der Waals surface area contributed by atoms with Gasteiger partial charge in [-0.2, -0.15) is 0 Å². The monoisotopic (exact) mass is 334 g/mol. The van der Waals surface area contributed by atoms with Crippen LogP contribution < -0.4 is 0 Å². The zero-order valence-corrected chi connectivity index (χ0v) is 14.6. The van der Waals surface area contributed by atoms with Gasteiger partial charge in [0.15, 0.2) is 0 Å². The van der Waals surface area contributed by atoms with E-state index in [1.165, 1.54) is 31.5 Å². The van der Waals surface area contributed by atoms with Gasteiger partial charge in [-0.25, -0.2) is 4.39 Å². The van der Waals surface area contributed by atoms with Crippen LogP contribution in [0, 0.1) is 5.82 Å². The molecule has 1 atom stereocenters. The molecule has 1 saturated heterocycles. The molecule has 2 heterocycles. The predicted octanol–water partition coefficient (Wildman–Crippen LogP) is 5.07. The van der Waals surface area contributed by atoms with Gasteiger partial charge in [-0.05, 0) is 67.8 Å². The van der Waals surface area contributed by atoms with E-state index in [0.29, 0.717) is 6.04 Å². The third kappa shape index (κ3) is 3.57. The topological polar surface area (TPSA) is 16.1 Å². The molecule has 0 amide bonds. The number of fused-ring (bicyclic) bond motifs is 1. The van der Waals surface area contributed by atoms with E-state index in [1.54, 1.807) is 0 Å². The van der Waals surface area contributed by atoms with E-state index in [2.05, 4.69) is 42.2 Å². The van der Waals surface area contributed by atoms with Gasteiger partial charge in [-0.3, -0.25) is 4.98 Å². The molecule has 1 fully saturated rings. The minimum absolute atomic E-state index is 0.205. The summed E-state index contributed by atoms with van der Waals surface area (Å²) in [6.45, 7) is 4.63. The van der Waals surface area contributed by atoms with Crippen LogP contribution in [0.15, 0.2) is 54.6 Å². The van der Waals surface area contributed by atoms with Crippen molar-refractivity contribution in [1.82, 2.24) is 9.88 Å². The van der Waals surface area contributed by atoms with Crippen LogP contribution in [0.3, 0.4) is 0 Å². The molecule has 1 aromatic heterocycles. The second-order valence-corrected chi connectivity index (χ2v) is 6.99. The van der Waals surface area contributed by atoms with Crippen molar-refractivity contribution in [2.45, 2.75) is 32.2 Å². The quantitative estimate of drug-likeness (QED) is 0.662. The number of hydrogen-bond donors (Lipinski definition) is 0. The van der Waals surface area contributed by atoms with Gasteiger partial charge in [0.2, 0.25) is 0 Å². The fourth-order valence-electron chi connectivity index (χ4n) is 3.71. The highest BCUT2D eigenvalue weighted by Gasteiger charge is 2.19. The molecule has 0 radical (unpaired) electrons. The average molecular weight is 334 g/mol. The molecule has 1 aliphatic rings. The van der Waals surface area contributed by atoms with Crippen LogP contribution in [-0.2, 0) is 6.42 Å². The maximum Gasteiger partial charge on any atom is 0.123 e. The Kier molecular flexibility index (Phi) is 4.50. The highest BCUT2D eigenvalue weighted by Crippen LogP contribution is 2.24. The van der Waals surface area contributed by atoms with Crippen LogP contribution in [0.5, 0.6) is 0 Å². The lowest BCUT2D eigenvalue weighted by Crippen LogP contribution is -2.29. The SMILES string of the molecule is C[C@@H]1CCCN1CCc1ccc2cc(-c3ccc(F)cc3)ccc2n1. The number of nitrogens with zero attached hydrogens (tertiary/aromatic N) is 2. The summed E-state index contributed by atoms with van der Waals surface area (Å²) in [6.07, 6.45) is 3.63. The van der Waals surface area contributed by atoms with Gasteiger partial charge >= 0.3 is 0 Å². The van der Waals surface area contributed by atoms with Gasteiger partial charge in [0.1, 0.15) is 5.82 Å². The molecule has 128 valence electrons. The zero-order valence-electron chi connectivity index (χ0n) is 14.6. The number of hydrogen-bond acceptors (Lipinski definition) is 2. The minimum Gasteiger partial charge on any atom is -0.300 e. The molecule has 0 aliphatic carbocycles. The molecule has 0 spiro atoms. The fourth-order valence-corrected chi connectivity index (χ4v) is 3.71. The Morgan fingerprint density at radius 1 is 1.04 bits per heavy atom. The normalized spacial score (nSPS) is 18.1. The van der Waals surface area contributed by atoms with Gasteiger partial charge in [-0.15, -0.1) is 0 Å². The van der Waals surface area contributed by atoms with Crippen molar-refractivity contribution in [2.75, 3.05) is 13.1 Å². The number of aromatic nitrogens is 1. The maximum atomic E-state index is 13.1. The summed E-state index contributed by atoms with van der Waals surface area (Å²) in [7, 11) is 0. The van der Waals surface area contributed by atoms with Crippen molar-refractivity contribution in [3.8, 4) is 11.1 Å². The third-order valence-electron chi connectivity index (χ3n) is 5.27. The number of rotatable bonds is 4. The highest BCUT2D eigenvalue weighted by atomic mass is 19.1. The molecule has 25 heavy (non-hydrogen) atoms. The Morgan fingerprint density at radius 3 is 2.60 bits per heavy atom. The van der Waals surface area contributed by atoms with Crippen LogP contribution in [0.25, 0.3) is 22.0 Å². The molecule has 2 aromatic carbocycles. The maximum absolute atomic E-state index is 13.1. The lowest BCUT2D eigenvalue weighted by molar-refractivity contribution is 0.271. The first-order valence-electron chi connectivity index (χ1n) is 9.09. The van der Waals surface area contributed by atoms with E-state index in [-0.39, 0.29) is 5.82 Å². The number of pyridine rings is 1. The molecular weight excluding hydrogens is 311 g/mol. The van der Waals surface area contributed by atoms with Gasteiger partial charge in [0.05, 0.1) is 5.52 Å². The van der Waals surface area contributed by atoms with Crippen molar-refractivity contribution >= 4 is 10.9 Å². The Bertz CT molecular complexity index is 873. The Hall–Kier alpha value is -2.26. The van der Waals surface area contributed by atoms with Gasteiger partial charge in [0, 0.05) is 30.1 Å². The molecule has 0 saturated carbocycles. The number of halogens is 1. The highest BCUT2D eigenvalue weighted by molar-refractivity contribution is 5.84. The predicted molar refractivity (Wildman–Crippen MR) is 101 cm³/mol. The summed E-state index contributed by atoms with van der Waals surface area (Å²) in [5.41, 5.74) is 4.29. The summed E-state index contributed by atoms with van der Waals surface area (Å²) < 4.78 is 13.1. The second kappa shape index (κ2) is 6.93. The fraction of sp³-hybridized carbons (Fsp3) is 0.318. The Labute approximate surface area is 148 Å². The molecule has 4 rings (SSSR count). The standard InChI is InChI=1S/C22H23FN2/c1-16-3-2-13-25(16)14-12-21-10-6-19-15-18(7-11-22(19)24-21)17-4-8-20(23)9-5-17/h4-11,15-16H,2-3,12-14H2,1H3/t16-/m1/s1. The summed E-state index contributed by atoms with van der Waals surface area (Å²) in [4.78, 5) is 7.38. The van der Waals surface area contributed by atoms with Gasteiger partial charge in [0.25, 0.3) is 0 Å². The summed E-state index contributed by atoms with van der Waals surface area (Å²) >= 11 is 0. The van der Waals surface area contributed by atoms with E-state index in [0.717, 1.165) is 40.7 Å². The Balaban J connectivity index is 1.53. The van der Waals surface area contributed by atoms with E-state index < -0.39 is 0 Å². The third-order valence-corrected chi connectivity index (χ3v) is 5.27. The molecular formula is C22H23FN2. The first kappa shape index (κ1) is 16.2. The summed E-state index contributed by atoms with van der Waals surface area (Å²) in [5, 5.41) is 1.13. The number of likely N-dealkylation sites (tertiary alicyclic amines) is 1. The molecule has 3 aromatic rings. The molecule has 0 bridgehead atoms. The second-order valence-electron chi connectivity index (χ2n) is 6.99. The lowest BCUT2D eigenvalue weighted by Gasteiger charge is -2.20. The van der Waals surface area contributed by atoms with Crippen LogP contribution in [0.1, 0.15) is 25.5 Å². The summed E-state index contributed by atoms with van der Waals surface area (Å²) in [5.74, 6) is -0.205. The van der Waals surface area contributed by atoms with Gasteiger partial charge < -0.3 is 4.90 Å². The minimum atomic E-state index is -0.205. The van der Waals surface area contributed by atoms with E-state index in [1.807, 2.05) is 12.1 Å². The largest absolute Gasteiger partial charge is 0.300 e. The molecule has 1 aliphatic heterocycles. The smallest absolute Gasteiger partial charge is 0.123 e. The van der Waals surface area contributed by atoms with Crippen LogP contribution >= 0.6 is 0 Å². The van der Waals surface area contributed by atoms with E-state index in [4.69, 9.17) is 4.98 Å². The van der Waals surface area contributed by atoms with Crippen molar-refractivity contribution in [3.63, 3.8) is 0 Å². The van der Waals surface area contributed by atoms with E-state index in [9.17, 15) is 4.39 Å². The molecule has 2 nitrogen and oxygen atoms in total. The molecule has 0 unspecified atom stereocenters. The lowest BCUT2D eigenvalue weighted by atomic mass is 10.0. The number of benzene rings is 2. The average Bonchev–Trinajstić information content (AvgIpc) is 3.05. The van der Waals surface area contributed by atoms with Crippen LogP contribution in [-0.4, -0.2) is 29.0 Å². The van der Waals surface area contributed by atoms with E-state index >= 15 is 0 Å². The van der Waals surface area contributed by atoms with Crippen molar-refractivity contribution in [3.05, 3.63) is 66.1 Å². The first-order chi connectivity index (χ1) is 12.2. The zero-order chi connectivity index (χ0) is 17.2. The van der Waals surface area contributed by atoms with Crippen LogP contribution in [0.2, 0.25) is 0 Å².